The van der Waals surface area contributed by atoms with Gasteiger partial charge < -0.3 is 10.7 Å². The Labute approximate surface area is 122 Å². The molecule has 0 spiro atoms. The van der Waals surface area contributed by atoms with E-state index < -0.39 is 11.6 Å². The lowest BCUT2D eigenvalue weighted by Gasteiger charge is -2.00. The van der Waals surface area contributed by atoms with E-state index in [4.69, 9.17) is 5.73 Å². The first-order valence-electron chi connectivity index (χ1n) is 5.90. The van der Waals surface area contributed by atoms with Crippen molar-refractivity contribution in [3.8, 4) is 0 Å². The number of nitrogen functional groups attached to an aromatic ring is 1. The Morgan fingerprint density at radius 3 is 2.75 bits per heavy atom. The predicted molar refractivity (Wildman–Crippen MR) is 77.4 cm³/mol. The molecule has 0 fully saturated rings. The zero-order valence-corrected chi connectivity index (χ0v) is 11.8. The standard InChI is InChI=1S/C14H10BrF2N3/c15-8-4-11(18)14-12(5-8)19-13(20-14)3-7-1-2-9(16)6-10(7)17/h1-2,4-6H,3,18H2,(H,19,20). The molecule has 3 nitrogen and oxygen atoms in total. The van der Waals surface area contributed by atoms with Crippen LogP contribution < -0.4 is 5.73 Å². The number of hydrogen-bond acceptors (Lipinski definition) is 2. The molecule has 0 bridgehead atoms. The molecule has 3 N–H and O–H groups in total. The summed E-state index contributed by atoms with van der Waals surface area (Å²) in [5, 5.41) is 0. The van der Waals surface area contributed by atoms with Gasteiger partial charge in [0.05, 0.1) is 11.2 Å². The van der Waals surface area contributed by atoms with E-state index in [9.17, 15) is 8.78 Å². The van der Waals surface area contributed by atoms with Crippen LogP contribution in [0, 0.1) is 11.6 Å². The molecule has 0 saturated carbocycles. The van der Waals surface area contributed by atoms with E-state index in [1.54, 1.807) is 6.07 Å². The van der Waals surface area contributed by atoms with E-state index in [0.717, 1.165) is 16.1 Å². The third kappa shape index (κ3) is 2.38. The average molecular weight is 338 g/mol. The van der Waals surface area contributed by atoms with Gasteiger partial charge in [-0.25, -0.2) is 13.8 Å². The molecule has 0 atom stereocenters. The van der Waals surface area contributed by atoms with Crippen LogP contribution in [0.2, 0.25) is 0 Å². The minimum atomic E-state index is -0.593. The van der Waals surface area contributed by atoms with Crippen molar-refractivity contribution in [2.75, 3.05) is 5.73 Å². The van der Waals surface area contributed by atoms with Crippen molar-refractivity contribution in [3.63, 3.8) is 0 Å². The van der Waals surface area contributed by atoms with Gasteiger partial charge in [-0.3, -0.25) is 0 Å². The fourth-order valence-corrected chi connectivity index (χ4v) is 2.56. The maximum Gasteiger partial charge on any atom is 0.129 e. The molecule has 3 aromatic rings. The smallest absolute Gasteiger partial charge is 0.129 e. The number of nitrogens with zero attached hydrogens (tertiary/aromatic N) is 1. The monoisotopic (exact) mass is 337 g/mol. The molecule has 0 saturated heterocycles. The topological polar surface area (TPSA) is 54.7 Å². The lowest BCUT2D eigenvalue weighted by atomic mass is 10.1. The number of rotatable bonds is 2. The number of benzene rings is 2. The van der Waals surface area contributed by atoms with Crippen LogP contribution in [0.15, 0.2) is 34.8 Å². The first kappa shape index (κ1) is 13.1. The SMILES string of the molecule is Nc1cc(Br)cc2[nH]c(Cc3ccc(F)cc3F)nc12. The van der Waals surface area contributed by atoms with E-state index >= 15 is 0 Å². The average Bonchev–Trinajstić information content (AvgIpc) is 2.75. The molecule has 0 aliphatic heterocycles. The highest BCUT2D eigenvalue weighted by Gasteiger charge is 2.10. The molecule has 0 radical (unpaired) electrons. The molecule has 0 amide bonds. The molecule has 102 valence electrons. The normalized spacial score (nSPS) is 11.2. The van der Waals surface area contributed by atoms with E-state index in [-0.39, 0.29) is 6.42 Å². The molecular weight excluding hydrogens is 328 g/mol. The van der Waals surface area contributed by atoms with Crippen LogP contribution in [0.4, 0.5) is 14.5 Å². The van der Waals surface area contributed by atoms with Crippen LogP contribution >= 0.6 is 15.9 Å². The minimum absolute atomic E-state index is 0.248. The van der Waals surface area contributed by atoms with Crippen molar-refractivity contribution >= 4 is 32.7 Å². The summed E-state index contributed by atoms with van der Waals surface area (Å²) >= 11 is 3.35. The summed E-state index contributed by atoms with van der Waals surface area (Å²) in [5.74, 6) is -0.598. The van der Waals surface area contributed by atoms with Gasteiger partial charge in [0.2, 0.25) is 0 Å². The van der Waals surface area contributed by atoms with Gasteiger partial charge in [-0.15, -0.1) is 0 Å². The van der Waals surface area contributed by atoms with Gasteiger partial charge in [0.1, 0.15) is 23.0 Å². The van der Waals surface area contributed by atoms with E-state index in [1.807, 2.05) is 6.07 Å². The number of aromatic nitrogens is 2. The summed E-state index contributed by atoms with van der Waals surface area (Å²) in [5.41, 5.74) is 8.21. The Hall–Kier alpha value is -1.95. The van der Waals surface area contributed by atoms with Crippen LogP contribution in [0.5, 0.6) is 0 Å². The van der Waals surface area contributed by atoms with E-state index in [2.05, 4.69) is 25.9 Å². The summed E-state index contributed by atoms with van der Waals surface area (Å²) in [7, 11) is 0. The highest BCUT2D eigenvalue weighted by atomic mass is 79.9. The van der Waals surface area contributed by atoms with Crippen LogP contribution in [0.25, 0.3) is 11.0 Å². The molecule has 20 heavy (non-hydrogen) atoms. The quantitative estimate of drug-likeness (QED) is 0.699. The van der Waals surface area contributed by atoms with Crippen molar-refractivity contribution in [2.45, 2.75) is 6.42 Å². The Balaban J connectivity index is 2.01. The fourth-order valence-electron chi connectivity index (χ4n) is 2.09. The summed E-state index contributed by atoms with van der Waals surface area (Å²) in [6, 6.07) is 7.11. The Kier molecular flexibility index (Phi) is 3.17. The predicted octanol–water partition coefficient (Wildman–Crippen LogP) is 3.78. The van der Waals surface area contributed by atoms with Crippen molar-refractivity contribution in [1.29, 1.82) is 0 Å². The number of imidazole rings is 1. The Morgan fingerprint density at radius 2 is 2.00 bits per heavy atom. The van der Waals surface area contributed by atoms with Crippen LogP contribution in [-0.4, -0.2) is 9.97 Å². The largest absolute Gasteiger partial charge is 0.397 e. The number of hydrogen-bond donors (Lipinski definition) is 2. The lowest BCUT2D eigenvalue weighted by molar-refractivity contribution is 0.574. The maximum absolute atomic E-state index is 13.6. The zero-order valence-electron chi connectivity index (χ0n) is 10.3. The molecule has 0 aliphatic carbocycles. The van der Waals surface area contributed by atoms with Crippen LogP contribution in [-0.2, 0) is 6.42 Å². The van der Waals surface area contributed by atoms with Crippen molar-refractivity contribution < 1.29 is 8.78 Å². The van der Waals surface area contributed by atoms with Gasteiger partial charge in [0, 0.05) is 17.0 Å². The van der Waals surface area contributed by atoms with Gasteiger partial charge in [0.25, 0.3) is 0 Å². The van der Waals surface area contributed by atoms with E-state index in [1.165, 1.54) is 12.1 Å². The molecule has 0 unspecified atom stereocenters. The summed E-state index contributed by atoms with van der Waals surface area (Å²) < 4.78 is 27.3. The summed E-state index contributed by atoms with van der Waals surface area (Å²) in [6.07, 6.45) is 0.248. The summed E-state index contributed by atoms with van der Waals surface area (Å²) in [4.78, 5) is 7.44. The van der Waals surface area contributed by atoms with Gasteiger partial charge >= 0.3 is 0 Å². The zero-order chi connectivity index (χ0) is 14.3. The number of fused-ring (bicyclic) bond motifs is 1. The first-order valence-corrected chi connectivity index (χ1v) is 6.70. The number of aromatic amines is 1. The third-order valence-electron chi connectivity index (χ3n) is 3.00. The minimum Gasteiger partial charge on any atom is -0.397 e. The van der Waals surface area contributed by atoms with Gasteiger partial charge in [0.15, 0.2) is 0 Å². The maximum atomic E-state index is 13.6. The van der Waals surface area contributed by atoms with Crippen molar-refractivity contribution in [1.82, 2.24) is 9.97 Å². The highest BCUT2D eigenvalue weighted by molar-refractivity contribution is 9.10. The number of nitrogens with two attached hydrogens (primary N) is 1. The van der Waals surface area contributed by atoms with Crippen molar-refractivity contribution in [3.05, 3.63) is 57.8 Å². The second-order valence-electron chi connectivity index (χ2n) is 4.49. The molecule has 0 aliphatic rings. The van der Waals surface area contributed by atoms with Crippen LogP contribution in [0.3, 0.4) is 0 Å². The first-order chi connectivity index (χ1) is 9.52. The highest BCUT2D eigenvalue weighted by Crippen LogP contribution is 2.25. The lowest BCUT2D eigenvalue weighted by Crippen LogP contribution is -1.95. The molecule has 1 aromatic heterocycles. The van der Waals surface area contributed by atoms with Crippen LogP contribution in [0.1, 0.15) is 11.4 Å². The molecule has 2 aromatic carbocycles. The third-order valence-corrected chi connectivity index (χ3v) is 3.46. The molecular formula is C14H10BrF2N3. The number of nitrogens with one attached hydrogen (secondary N) is 1. The van der Waals surface area contributed by atoms with E-state index in [0.29, 0.717) is 22.6 Å². The number of halogens is 3. The fraction of sp³-hybridized carbons (Fsp3) is 0.0714. The molecule has 1 heterocycles. The summed E-state index contributed by atoms with van der Waals surface area (Å²) in [6.45, 7) is 0. The second-order valence-corrected chi connectivity index (χ2v) is 5.40. The van der Waals surface area contributed by atoms with Gasteiger partial charge in [-0.1, -0.05) is 22.0 Å². The second kappa shape index (κ2) is 4.86. The Bertz CT molecular complexity index is 798. The van der Waals surface area contributed by atoms with Gasteiger partial charge in [-0.2, -0.15) is 0 Å². The number of H-pyrrole nitrogens is 1. The number of anilines is 1. The molecule has 3 rings (SSSR count). The molecule has 6 heteroatoms. The van der Waals surface area contributed by atoms with Crippen molar-refractivity contribution in [2.24, 2.45) is 0 Å². The Morgan fingerprint density at radius 1 is 1.20 bits per heavy atom. The van der Waals surface area contributed by atoms with Gasteiger partial charge in [-0.05, 0) is 23.8 Å².